The van der Waals surface area contributed by atoms with Crippen molar-refractivity contribution in [1.82, 2.24) is 10.3 Å². The van der Waals surface area contributed by atoms with Gasteiger partial charge in [0.25, 0.3) is 0 Å². The summed E-state index contributed by atoms with van der Waals surface area (Å²) in [7, 11) is 2.03. The lowest BCUT2D eigenvalue weighted by atomic mass is 9.91. The van der Waals surface area contributed by atoms with Crippen LogP contribution in [0.1, 0.15) is 43.3 Å². The average molecular weight is 315 g/mol. The summed E-state index contributed by atoms with van der Waals surface area (Å²) in [4.78, 5) is 7.40. The minimum absolute atomic E-state index is 0.106. The molecular formula is C18H25N3S. The lowest BCUT2D eigenvalue weighted by Gasteiger charge is -2.31. The minimum Gasteiger partial charge on any atom is -0.362 e. The largest absolute Gasteiger partial charge is 0.362 e. The predicted molar refractivity (Wildman–Crippen MR) is 94.9 cm³/mol. The smallest absolute Gasteiger partial charge is 0.0713 e. The van der Waals surface area contributed by atoms with Crippen LogP contribution in [0, 0.1) is 6.92 Å². The fourth-order valence-corrected chi connectivity index (χ4v) is 4.10. The number of anilines is 1. The van der Waals surface area contributed by atoms with Crippen molar-refractivity contribution >= 4 is 17.0 Å². The molecule has 1 aliphatic heterocycles. The summed E-state index contributed by atoms with van der Waals surface area (Å²) in [6, 6.07) is 7.07. The zero-order valence-electron chi connectivity index (χ0n) is 13.9. The van der Waals surface area contributed by atoms with Gasteiger partial charge in [-0.05, 0) is 61.5 Å². The maximum Gasteiger partial charge on any atom is 0.0713 e. The van der Waals surface area contributed by atoms with Gasteiger partial charge in [-0.15, -0.1) is 0 Å². The molecule has 0 unspecified atom stereocenters. The van der Waals surface area contributed by atoms with Gasteiger partial charge in [0.2, 0.25) is 0 Å². The fourth-order valence-electron chi connectivity index (χ4n) is 3.39. The summed E-state index contributed by atoms with van der Waals surface area (Å²) in [5.41, 5.74) is 5.19. The zero-order chi connectivity index (χ0) is 15.7. The van der Waals surface area contributed by atoms with E-state index in [-0.39, 0.29) is 5.41 Å². The van der Waals surface area contributed by atoms with Gasteiger partial charge < -0.3 is 10.2 Å². The van der Waals surface area contributed by atoms with E-state index in [0.717, 1.165) is 25.2 Å². The predicted octanol–water partition coefficient (Wildman–Crippen LogP) is 3.90. The molecule has 0 bridgehead atoms. The Morgan fingerprint density at radius 1 is 1.36 bits per heavy atom. The third kappa shape index (κ3) is 2.77. The van der Waals surface area contributed by atoms with Crippen LogP contribution in [0.4, 0.5) is 5.69 Å². The Hall–Kier alpha value is -1.39. The first-order valence-electron chi connectivity index (χ1n) is 7.94. The zero-order valence-corrected chi connectivity index (χ0v) is 14.7. The second-order valence-corrected chi connectivity index (χ2v) is 7.58. The number of rotatable bonds is 5. The van der Waals surface area contributed by atoms with Crippen molar-refractivity contribution in [3.8, 4) is 0 Å². The number of fused-ring (bicyclic) bond motifs is 1. The number of aryl methyl sites for hydroxylation is 1. The van der Waals surface area contributed by atoms with E-state index in [1.165, 1.54) is 16.9 Å². The molecule has 0 fully saturated rings. The topological polar surface area (TPSA) is 28.2 Å². The third-order valence-corrected chi connectivity index (χ3v) is 5.20. The molecular weight excluding hydrogens is 290 g/mol. The molecule has 0 saturated carbocycles. The highest BCUT2D eigenvalue weighted by Gasteiger charge is 2.39. The molecule has 1 N–H and O–H groups in total. The number of pyridine rings is 1. The number of nitrogens with one attached hydrogen (secondary N) is 1. The minimum atomic E-state index is 0.106. The molecule has 0 amide bonds. The monoisotopic (exact) mass is 315 g/mol. The Balaban J connectivity index is 2.00. The van der Waals surface area contributed by atoms with Crippen LogP contribution in [-0.2, 0) is 5.41 Å². The molecule has 4 heteroatoms. The molecule has 22 heavy (non-hydrogen) atoms. The molecule has 0 spiro atoms. The molecule has 2 aromatic heterocycles. The van der Waals surface area contributed by atoms with Gasteiger partial charge in [0, 0.05) is 17.7 Å². The Bertz CT molecular complexity index is 634. The van der Waals surface area contributed by atoms with Crippen LogP contribution in [0.2, 0.25) is 0 Å². The van der Waals surface area contributed by atoms with Gasteiger partial charge in [-0.3, -0.25) is 4.98 Å². The highest BCUT2D eigenvalue weighted by Crippen LogP contribution is 2.44. The van der Waals surface area contributed by atoms with E-state index in [1.54, 1.807) is 11.3 Å². The maximum absolute atomic E-state index is 4.85. The molecule has 0 aliphatic carbocycles. The molecule has 3 rings (SSSR count). The van der Waals surface area contributed by atoms with Gasteiger partial charge in [-0.25, -0.2) is 0 Å². The summed E-state index contributed by atoms with van der Waals surface area (Å²) in [6.45, 7) is 8.74. The number of nitrogens with zero attached hydrogens (tertiary/aromatic N) is 2. The lowest BCUT2D eigenvalue weighted by molar-refractivity contribution is 0.491. The molecule has 0 aromatic carbocycles. The average Bonchev–Trinajstić information content (AvgIpc) is 3.08. The van der Waals surface area contributed by atoms with E-state index >= 15 is 0 Å². The Morgan fingerprint density at radius 3 is 2.86 bits per heavy atom. The number of hydrogen-bond acceptors (Lipinski definition) is 4. The molecule has 118 valence electrons. The van der Waals surface area contributed by atoms with E-state index in [2.05, 4.69) is 59.9 Å². The van der Waals surface area contributed by atoms with Crippen molar-refractivity contribution in [2.75, 3.05) is 25.0 Å². The van der Waals surface area contributed by atoms with Crippen LogP contribution in [0.3, 0.4) is 0 Å². The second kappa shape index (κ2) is 6.01. The quantitative estimate of drug-likeness (QED) is 0.907. The van der Waals surface area contributed by atoms with E-state index in [4.69, 9.17) is 4.98 Å². The normalized spacial score (nSPS) is 17.5. The van der Waals surface area contributed by atoms with Gasteiger partial charge in [-0.1, -0.05) is 13.8 Å². The van der Waals surface area contributed by atoms with Crippen molar-refractivity contribution in [2.45, 2.75) is 38.6 Å². The first kappa shape index (κ1) is 15.5. The summed E-state index contributed by atoms with van der Waals surface area (Å²) in [5.74, 6) is 0. The van der Waals surface area contributed by atoms with Gasteiger partial charge >= 0.3 is 0 Å². The summed E-state index contributed by atoms with van der Waals surface area (Å²) >= 11 is 1.78. The molecule has 0 saturated heterocycles. The summed E-state index contributed by atoms with van der Waals surface area (Å²) in [5, 5.41) is 7.76. The fraction of sp³-hybridized carbons (Fsp3) is 0.500. The molecule has 3 nitrogen and oxygen atoms in total. The summed E-state index contributed by atoms with van der Waals surface area (Å²) < 4.78 is 0. The van der Waals surface area contributed by atoms with Crippen LogP contribution in [0.15, 0.2) is 29.0 Å². The van der Waals surface area contributed by atoms with Crippen LogP contribution in [0.25, 0.3) is 0 Å². The van der Waals surface area contributed by atoms with Gasteiger partial charge in [-0.2, -0.15) is 11.3 Å². The summed E-state index contributed by atoms with van der Waals surface area (Å²) in [6.07, 6.45) is 1.11. The molecule has 1 aliphatic rings. The maximum atomic E-state index is 4.85. The van der Waals surface area contributed by atoms with E-state index in [0.29, 0.717) is 6.04 Å². The first-order chi connectivity index (χ1) is 10.5. The van der Waals surface area contributed by atoms with Crippen molar-refractivity contribution < 1.29 is 0 Å². The lowest BCUT2D eigenvalue weighted by Crippen LogP contribution is -2.33. The van der Waals surface area contributed by atoms with Crippen molar-refractivity contribution in [2.24, 2.45) is 0 Å². The van der Waals surface area contributed by atoms with Crippen molar-refractivity contribution in [3.63, 3.8) is 0 Å². The Kier molecular flexibility index (Phi) is 4.24. The van der Waals surface area contributed by atoms with Gasteiger partial charge in [0.15, 0.2) is 0 Å². The van der Waals surface area contributed by atoms with E-state index < -0.39 is 0 Å². The highest BCUT2D eigenvalue weighted by molar-refractivity contribution is 7.08. The molecule has 3 heterocycles. The van der Waals surface area contributed by atoms with Crippen LogP contribution in [0.5, 0.6) is 0 Å². The van der Waals surface area contributed by atoms with Gasteiger partial charge in [0.1, 0.15) is 0 Å². The number of thiophene rings is 1. The van der Waals surface area contributed by atoms with Crippen molar-refractivity contribution in [1.29, 1.82) is 0 Å². The second-order valence-electron chi connectivity index (χ2n) is 6.80. The highest BCUT2D eigenvalue weighted by atomic mass is 32.1. The molecule has 2 aromatic rings. The third-order valence-electron chi connectivity index (χ3n) is 4.50. The number of aromatic nitrogens is 1. The van der Waals surface area contributed by atoms with E-state index in [1.807, 2.05) is 7.05 Å². The first-order valence-corrected chi connectivity index (χ1v) is 8.88. The Morgan fingerprint density at radius 2 is 2.18 bits per heavy atom. The van der Waals surface area contributed by atoms with Crippen LogP contribution >= 0.6 is 11.3 Å². The van der Waals surface area contributed by atoms with Crippen molar-refractivity contribution in [3.05, 3.63) is 45.9 Å². The van der Waals surface area contributed by atoms with Crippen LogP contribution in [-0.4, -0.2) is 25.1 Å². The molecule has 1 atom stereocenters. The number of hydrogen-bond donors (Lipinski definition) is 1. The van der Waals surface area contributed by atoms with Crippen LogP contribution < -0.4 is 10.2 Å². The molecule has 0 radical (unpaired) electrons. The van der Waals surface area contributed by atoms with Gasteiger partial charge in [0.05, 0.1) is 17.4 Å². The van der Waals surface area contributed by atoms with E-state index in [9.17, 15) is 0 Å². The SMILES string of the molecule is CNCC[C@H](c1ccsc1)N1CC(C)(C)c2nc(C)ccc21. The standard InChI is InChI=1S/C18H25N3S/c1-13-5-6-16-17(20-13)18(2,3)12-21(16)15(7-9-19-4)14-8-10-22-11-14/h5-6,8,10-11,15,19H,7,9,12H2,1-4H3/t15-/m1/s1. The Labute approximate surface area is 137 Å².